The highest BCUT2D eigenvalue weighted by molar-refractivity contribution is 7.47. The third-order valence-electron chi connectivity index (χ3n) is 1.05. The fourth-order valence-electron chi connectivity index (χ4n) is 0.641. The van der Waals surface area contributed by atoms with Crippen molar-refractivity contribution in [1.82, 2.24) is 0 Å². The van der Waals surface area contributed by atoms with Crippen LogP contribution in [0.4, 0.5) is 0 Å². The average Bonchev–Trinajstić information content (AvgIpc) is 2.01. The first-order valence-electron chi connectivity index (χ1n) is 3.95. The van der Waals surface area contributed by atoms with Crippen molar-refractivity contribution >= 4 is 14.3 Å². The Hall–Kier alpha value is -0.180. The summed E-state index contributed by atoms with van der Waals surface area (Å²) < 4.78 is 10.4. The molecule has 4 nitrogen and oxygen atoms in total. The Labute approximate surface area is 73.8 Å². The van der Waals surface area contributed by atoms with Gasteiger partial charge in [0.2, 0.25) is 0 Å². The predicted octanol–water partition coefficient (Wildman–Crippen LogP) is 1.85. The summed E-state index contributed by atoms with van der Waals surface area (Å²) in [5, 5.41) is 8.40. The Kier molecular flexibility index (Phi) is 7.36. The van der Waals surface area contributed by atoms with Gasteiger partial charge in [0.15, 0.2) is 8.38 Å². The first kappa shape index (κ1) is 11.8. The summed E-state index contributed by atoms with van der Waals surface area (Å²) in [5.41, 5.74) is 0. The van der Waals surface area contributed by atoms with E-state index in [4.69, 9.17) is 14.2 Å². The van der Waals surface area contributed by atoms with E-state index in [0.717, 1.165) is 0 Å². The molecule has 0 heterocycles. The molecule has 0 aliphatic heterocycles. The summed E-state index contributed by atoms with van der Waals surface area (Å²) in [7, 11) is -0.974. The Bertz CT molecular complexity index is 123. The molecule has 5 heteroatoms. The van der Waals surface area contributed by atoms with Gasteiger partial charge in [0.1, 0.15) is 0 Å². The highest BCUT2D eigenvalue weighted by Crippen LogP contribution is 2.38. The number of aliphatic carboxylic acids is 1. The predicted molar refractivity (Wildman–Crippen MR) is 47.3 cm³/mol. The number of carboxylic acids is 1. The minimum absolute atomic E-state index is 0.117. The van der Waals surface area contributed by atoms with Gasteiger partial charge in [-0.05, 0) is 13.8 Å². The Morgan fingerprint density at radius 3 is 2.17 bits per heavy atom. The van der Waals surface area contributed by atoms with Gasteiger partial charge in [0, 0.05) is 6.16 Å². The van der Waals surface area contributed by atoms with Crippen molar-refractivity contribution in [2.24, 2.45) is 0 Å². The number of hydrogen-bond acceptors (Lipinski definition) is 3. The smallest absolute Gasteiger partial charge is 0.303 e. The van der Waals surface area contributed by atoms with Gasteiger partial charge < -0.3 is 14.2 Å². The molecule has 0 spiro atoms. The van der Waals surface area contributed by atoms with Crippen LogP contribution in [0.1, 0.15) is 20.3 Å². The molecule has 0 aromatic rings. The van der Waals surface area contributed by atoms with E-state index in [1.807, 2.05) is 13.8 Å². The maximum atomic E-state index is 10.2. The molecule has 1 N–H and O–H groups in total. The van der Waals surface area contributed by atoms with Gasteiger partial charge in [-0.15, -0.1) is 0 Å². The van der Waals surface area contributed by atoms with Crippen LogP contribution in [0.15, 0.2) is 0 Å². The average molecular weight is 194 g/mol. The van der Waals surface area contributed by atoms with Crippen LogP contribution >= 0.6 is 8.38 Å². The monoisotopic (exact) mass is 194 g/mol. The van der Waals surface area contributed by atoms with Gasteiger partial charge in [-0.3, -0.25) is 4.79 Å². The van der Waals surface area contributed by atoms with Crippen LogP contribution in [0.2, 0.25) is 0 Å². The fraction of sp³-hybridized carbons (Fsp3) is 0.857. The van der Waals surface area contributed by atoms with E-state index < -0.39 is 14.3 Å². The summed E-state index contributed by atoms with van der Waals surface area (Å²) in [6.45, 7) is 4.89. The van der Waals surface area contributed by atoms with Gasteiger partial charge in [-0.2, -0.15) is 0 Å². The van der Waals surface area contributed by atoms with Gasteiger partial charge in [0.05, 0.1) is 19.6 Å². The van der Waals surface area contributed by atoms with E-state index in [1.165, 1.54) is 0 Å². The zero-order chi connectivity index (χ0) is 9.40. The van der Waals surface area contributed by atoms with Gasteiger partial charge in [0.25, 0.3) is 0 Å². The summed E-state index contributed by atoms with van der Waals surface area (Å²) >= 11 is 0. The molecule has 0 aromatic heterocycles. The van der Waals surface area contributed by atoms with Crippen molar-refractivity contribution in [3.63, 3.8) is 0 Å². The summed E-state index contributed by atoms with van der Waals surface area (Å²) in [5.74, 6) is -0.804. The van der Waals surface area contributed by atoms with Crippen LogP contribution in [0.25, 0.3) is 0 Å². The molecule has 0 unspecified atom stereocenters. The third kappa shape index (κ3) is 6.53. The van der Waals surface area contributed by atoms with Crippen LogP contribution in [0, 0.1) is 0 Å². The highest BCUT2D eigenvalue weighted by Gasteiger charge is 2.10. The van der Waals surface area contributed by atoms with Crippen molar-refractivity contribution < 1.29 is 18.9 Å². The third-order valence-corrected chi connectivity index (χ3v) is 2.74. The number of hydrogen-bond donors (Lipinski definition) is 1. The standard InChI is InChI=1S/C7H15O4P/c1-3-10-12(11-4-2)6-5-7(8)9/h3-6H2,1-2H3,(H,8,9). The van der Waals surface area contributed by atoms with Gasteiger partial charge >= 0.3 is 5.97 Å². The van der Waals surface area contributed by atoms with E-state index in [1.54, 1.807) is 0 Å². The van der Waals surface area contributed by atoms with Crippen LogP contribution in [-0.4, -0.2) is 30.5 Å². The van der Waals surface area contributed by atoms with Crippen molar-refractivity contribution in [2.45, 2.75) is 20.3 Å². The molecule has 0 radical (unpaired) electrons. The van der Waals surface area contributed by atoms with E-state index in [2.05, 4.69) is 0 Å². The molecule has 0 aromatic carbocycles. The van der Waals surface area contributed by atoms with Crippen molar-refractivity contribution in [3.05, 3.63) is 0 Å². The minimum atomic E-state index is -0.974. The largest absolute Gasteiger partial charge is 0.481 e. The lowest BCUT2D eigenvalue weighted by Gasteiger charge is -2.13. The molecule has 0 atom stereocenters. The van der Waals surface area contributed by atoms with Crippen LogP contribution in [-0.2, 0) is 13.8 Å². The molecule has 12 heavy (non-hydrogen) atoms. The second-order valence-corrected chi connectivity index (χ2v) is 3.66. The number of carboxylic acid groups (broad SMARTS) is 1. The van der Waals surface area contributed by atoms with Crippen molar-refractivity contribution in [2.75, 3.05) is 19.4 Å². The fourth-order valence-corrected chi connectivity index (χ4v) is 1.92. The molecule has 0 bridgehead atoms. The zero-order valence-corrected chi connectivity index (χ0v) is 8.34. The zero-order valence-electron chi connectivity index (χ0n) is 7.45. The Morgan fingerprint density at radius 2 is 1.83 bits per heavy atom. The lowest BCUT2D eigenvalue weighted by atomic mass is 10.5. The molecule has 72 valence electrons. The van der Waals surface area contributed by atoms with E-state index >= 15 is 0 Å². The van der Waals surface area contributed by atoms with Gasteiger partial charge in [-0.1, -0.05) is 0 Å². The van der Waals surface area contributed by atoms with Gasteiger partial charge in [-0.25, -0.2) is 0 Å². The molecule has 0 saturated heterocycles. The first-order chi connectivity index (χ1) is 5.70. The molecule has 0 saturated carbocycles. The summed E-state index contributed by atoms with van der Waals surface area (Å²) in [4.78, 5) is 10.2. The molecular weight excluding hydrogens is 179 g/mol. The van der Waals surface area contributed by atoms with Crippen LogP contribution in [0.5, 0.6) is 0 Å². The summed E-state index contributed by atoms with van der Waals surface area (Å²) in [6.07, 6.45) is 0.595. The number of carbonyl (C=O) groups is 1. The molecule has 0 fully saturated rings. The lowest BCUT2D eigenvalue weighted by molar-refractivity contribution is -0.136. The molecule has 0 rings (SSSR count). The molecule has 0 aliphatic carbocycles. The Balaban J connectivity index is 3.54. The van der Waals surface area contributed by atoms with E-state index in [9.17, 15) is 4.79 Å². The first-order valence-corrected chi connectivity index (χ1v) is 5.32. The maximum absolute atomic E-state index is 10.2. The normalized spacial score (nSPS) is 10.6. The van der Waals surface area contributed by atoms with Crippen LogP contribution in [0.3, 0.4) is 0 Å². The lowest BCUT2D eigenvalue weighted by Crippen LogP contribution is -2.01. The van der Waals surface area contributed by atoms with Crippen molar-refractivity contribution in [1.29, 1.82) is 0 Å². The molecular formula is C7H15O4P. The SMILES string of the molecule is CCOP(CCC(=O)O)OCC. The number of rotatable bonds is 7. The second-order valence-electron chi connectivity index (χ2n) is 2.04. The van der Waals surface area contributed by atoms with E-state index in [0.29, 0.717) is 19.4 Å². The summed E-state index contributed by atoms with van der Waals surface area (Å²) in [6, 6.07) is 0. The Morgan fingerprint density at radius 1 is 1.33 bits per heavy atom. The maximum Gasteiger partial charge on any atom is 0.303 e. The van der Waals surface area contributed by atoms with Crippen molar-refractivity contribution in [3.8, 4) is 0 Å². The highest BCUT2D eigenvalue weighted by atomic mass is 31.2. The minimum Gasteiger partial charge on any atom is -0.481 e. The second kappa shape index (κ2) is 7.47. The molecule has 0 amide bonds. The van der Waals surface area contributed by atoms with Crippen LogP contribution < -0.4 is 0 Å². The quantitative estimate of drug-likeness (QED) is 0.628. The topological polar surface area (TPSA) is 55.8 Å². The molecule has 0 aliphatic rings. The van der Waals surface area contributed by atoms with E-state index in [-0.39, 0.29) is 6.42 Å².